The molecule has 118 valence electrons. The summed E-state index contributed by atoms with van der Waals surface area (Å²) < 4.78 is 10.4. The normalized spacial score (nSPS) is 22.5. The Kier molecular flexibility index (Phi) is 3.81. The number of carbonyl (C=O) groups excluding carboxylic acids is 2. The van der Waals surface area contributed by atoms with Gasteiger partial charge in [0, 0.05) is 5.69 Å². The molecule has 1 atom stereocenters. The van der Waals surface area contributed by atoms with E-state index in [2.05, 4.69) is 0 Å². The molecule has 1 heterocycles. The number of β-lactam (4-membered cyclic amide) rings is 1. The zero-order chi connectivity index (χ0) is 15.7. The molecule has 3 rings (SSSR count). The van der Waals surface area contributed by atoms with E-state index >= 15 is 0 Å². The van der Waals surface area contributed by atoms with E-state index in [1.807, 2.05) is 12.1 Å². The van der Waals surface area contributed by atoms with Crippen molar-refractivity contribution in [2.45, 2.75) is 38.6 Å². The van der Waals surface area contributed by atoms with Crippen LogP contribution < -0.4 is 9.64 Å². The molecule has 0 aromatic heterocycles. The van der Waals surface area contributed by atoms with E-state index in [1.54, 1.807) is 31.1 Å². The first-order valence-electron chi connectivity index (χ1n) is 7.78. The van der Waals surface area contributed by atoms with E-state index in [-0.39, 0.29) is 11.9 Å². The van der Waals surface area contributed by atoms with E-state index in [0.717, 1.165) is 37.1 Å². The zero-order valence-corrected chi connectivity index (χ0v) is 13.0. The van der Waals surface area contributed by atoms with Crippen LogP contribution in [0.15, 0.2) is 24.3 Å². The monoisotopic (exact) mass is 303 g/mol. The first kappa shape index (κ1) is 14.9. The third-order valence-corrected chi connectivity index (χ3v) is 4.78. The third kappa shape index (κ3) is 2.07. The lowest BCUT2D eigenvalue weighted by Gasteiger charge is -2.52. The molecular formula is C17H21NO4. The van der Waals surface area contributed by atoms with Gasteiger partial charge in [0.2, 0.25) is 5.91 Å². The van der Waals surface area contributed by atoms with Crippen LogP contribution in [0.5, 0.6) is 5.75 Å². The zero-order valence-electron chi connectivity index (χ0n) is 13.0. The molecule has 0 unspecified atom stereocenters. The first-order valence-corrected chi connectivity index (χ1v) is 7.78. The molecular weight excluding hydrogens is 282 g/mol. The fourth-order valence-electron chi connectivity index (χ4n) is 3.71. The highest BCUT2D eigenvalue weighted by molar-refractivity contribution is 6.13. The summed E-state index contributed by atoms with van der Waals surface area (Å²) in [6, 6.07) is 6.72. The van der Waals surface area contributed by atoms with Gasteiger partial charge in [0.1, 0.15) is 11.8 Å². The maximum Gasteiger partial charge on any atom is 0.330 e. The molecule has 0 radical (unpaired) electrons. The van der Waals surface area contributed by atoms with Crippen molar-refractivity contribution in [3.63, 3.8) is 0 Å². The van der Waals surface area contributed by atoms with Gasteiger partial charge in [0.25, 0.3) is 0 Å². The number of benzene rings is 1. The lowest BCUT2D eigenvalue weighted by Crippen LogP contribution is -2.71. The maximum absolute atomic E-state index is 12.7. The molecule has 1 spiro atoms. The average Bonchev–Trinajstić information content (AvgIpc) is 3.04. The Balaban J connectivity index is 1.91. The summed E-state index contributed by atoms with van der Waals surface area (Å²) in [5.74, 6) is 0.480. The number of methoxy groups -OCH3 is 1. The summed E-state index contributed by atoms with van der Waals surface area (Å²) in [5, 5.41) is 0. The number of ether oxygens (including phenoxy) is 2. The summed E-state index contributed by atoms with van der Waals surface area (Å²) >= 11 is 0. The quantitative estimate of drug-likeness (QED) is 0.633. The van der Waals surface area contributed by atoms with Crippen molar-refractivity contribution in [2.75, 3.05) is 18.6 Å². The fourth-order valence-corrected chi connectivity index (χ4v) is 3.71. The molecule has 5 heteroatoms. The van der Waals surface area contributed by atoms with Crippen LogP contribution in [-0.4, -0.2) is 31.6 Å². The molecule has 1 aromatic rings. The van der Waals surface area contributed by atoms with Crippen LogP contribution in [0.4, 0.5) is 5.69 Å². The number of hydrogen-bond acceptors (Lipinski definition) is 4. The second-order valence-electron chi connectivity index (χ2n) is 5.89. The Bertz CT molecular complexity index is 575. The van der Waals surface area contributed by atoms with E-state index < -0.39 is 11.5 Å². The lowest BCUT2D eigenvalue weighted by molar-refractivity contribution is -0.160. The van der Waals surface area contributed by atoms with Gasteiger partial charge in [-0.15, -0.1) is 0 Å². The van der Waals surface area contributed by atoms with Crippen LogP contribution in [0.2, 0.25) is 0 Å². The van der Waals surface area contributed by atoms with Crippen molar-refractivity contribution in [2.24, 2.45) is 5.41 Å². The SMILES string of the molecule is CCOC(=O)[C@H]1N(c2ccc(OC)cc2)C(=O)C12CCCC2. The molecule has 1 saturated carbocycles. The van der Waals surface area contributed by atoms with Crippen LogP contribution in [0, 0.1) is 5.41 Å². The van der Waals surface area contributed by atoms with E-state index in [4.69, 9.17) is 9.47 Å². The molecule has 0 bridgehead atoms. The van der Waals surface area contributed by atoms with Gasteiger partial charge in [0.15, 0.2) is 0 Å². The van der Waals surface area contributed by atoms with Crippen molar-refractivity contribution in [3.05, 3.63) is 24.3 Å². The van der Waals surface area contributed by atoms with Crippen LogP contribution >= 0.6 is 0 Å². The van der Waals surface area contributed by atoms with Gasteiger partial charge in [0.05, 0.1) is 19.1 Å². The van der Waals surface area contributed by atoms with Crippen LogP contribution in [0.25, 0.3) is 0 Å². The van der Waals surface area contributed by atoms with Crippen molar-refractivity contribution in [1.29, 1.82) is 0 Å². The second kappa shape index (κ2) is 5.63. The minimum atomic E-state index is -0.536. The van der Waals surface area contributed by atoms with E-state index in [0.29, 0.717) is 6.61 Å². The molecule has 22 heavy (non-hydrogen) atoms. The highest BCUT2D eigenvalue weighted by Gasteiger charge is 2.65. The molecule has 1 aromatic carbocycles. The smallest absolute Gasteiger partial charge is 0.330 e. The van der Waals surface area contributed by atoms with Gasteiger partial charge in [-0.2, -0.15) is 0 Å². The molecule has 2 fully saturated rings. The minimum Gasteiger partial charge on any atom is -0.497 e. The number of anilines is 1. The van der Waals surface area contributed by atoms with Crippen molar-refractivity contribution < 1.29 is 19.1 Å². The first-order chi connectivity index (χ1) is 10.6. The molecule has 1 aliphatic carbocycles. The number of esters is 1. The summed E-state index contributed by atoms with van der Waals surface area (Å²) in [5.41, 5.74) is 0.188. The van der Waals surface area contributed by atoms with E-state index in [9.17, 15) is 9.59 Å². The summed E-state index contributed by atoms with van der Waals surface area (Å²) in [6.45, 7) is 2.12. The topological polar surface area (TPSA) is 55.8 Å². The summed E-state index contributed by atoms with van der Waals surface area (Å²) in [4.78, 5) is 26.7. The third-order valence-electron chi connectivity index (χ3n) is 4.78. The summed E-state index contributed by atoms with van der Waals surface area (Å²) in [6.07, 6.45) is 3.56. The molecule has 2 aliphatic rings. The van der Waals surface area contributed by atoms with Gasteiger partial charge in [-0.05, 0) is 44.0 Å². The predicted octanol–water partition coefficient (Wildman–Crippen LogP) is 2.53. The Morgan fingerprint density at radius 2 is 1.91 bits per heavy atom. The van der Waals surface area contributed by atoms with Crippen LogP contribution in [0.3, 0.4) is 0 Å². The number of nitrogens with zero attached hydrogens (tertiary/aromatic N) is 1. The van der Waals surface area contributed by atoms with Crippen molar-refractivity contribution in [3.8, 4) is 5.75 Å². The van der Waals surface area contributed by atoms with Gasteiger partial charge in [-0.3, -0.25) is 9.69 Å². The van der Waals surface area contributed by atoms with Crippen LogP contribution in [0.1, 0.15) is 32.6 Å². The number of amides is 1. The fraction of sp³-hybridized carbons (Fsp3) is 0.529. The highest BCUT2D eigenvalue weighted by atomic mass is 16.5. The van der Waals surface area contributed by atoms with Crippen molar-refractivity contribution >= 4 is 17.6 Å². The Morgan fingerprint density at radius 3 is 2.45 bits per heavy atom. The lowest BCUT2D eigenvalue weighted by atomic mass is 9.68. The Morgan fingerprint density at radius 1 is 1.27 bits per heavy atom. The minimum absolute atomic E-state index is 0.0493. The van der Waals surface area contributed by atoms with Crippen molar-refractivity contribution in [1.82, 2.24) is 0 Å². The van der Waals surface area contributed by atoms with E-state index in [1.165, 1.54) is 0 Å². The summed E-state index contributed by atoms with van der Waals surface area (Å²) in [7, 11) is 1.60. The van der Waals surface area contributed by atoms with Gasteiger partial charge in [-0.1, -0.05) is 12.8 Å². The molecule has 5 nitrogen and oxygen atoms in total. The Labute approximate surface area is 130 Å². The van der Waals surface area contributed by atoms with Gasteiger partial charge in [-0.25, -0.2) is 4.79 Å². The standard InChI is InChI=1S/C17H21NO4/c1-3-22-15(19)14-17(10-4-5-11-17)16(20)18(14)12-6-8-13(21-2)9-7-12/h6-9,14H,3-5,10-11H2,1-2H3/t14-/m1/s1. The molecule has 1 saturated heterocycles. The van der Waals surface area contributed by atoms with Crippen LogP contribution in [-0.2, 0) is 14.3 Å². The number of carbonyl (C=O) groups is 2. The molecule has 0 N–H and O–H groups in total. The highest BCUT2D eigenvalue weighted by Crippen LogP contribution is 2.53. The second-order valence-corrected chi connectivity index (χ2v) is 5.89. The van der Waals surface area contributed by atoms with Gasteiger partial charge < -0.3 is 9.47 Å². The predicted molar refractivity (Wildman–Crippen MR) is 81.8 cm³/mol. The largest absolute Gasteiger partial charge is 0.497 e. The molecule has 1 aliphatic heterocycles. The Hall–Kier alpha value is -2.04. The average molecular weight is 303 g/mol. The molecule has 1 amide bonds. The maximum atomic E-state index is 12.7. The number of rotatable bonds is 4. The van der Waals surface area contributed by atoms with Gasteiger partial charge >= 0.3 is 5.97 Å². The number of hydrogen-bond donors (Lipinski definition) is 0.